The Labute approximate surface area is 91.5 Å². The Morgan fingerprint density at radius 3 is 2.56 bits per heavy atom. The van der Waals surface area contributed by atoms with Crippen molar-refractivity contribution in [2.75, 3.05) is 13.7 Å². The van der Waals surface area contributed by atoms with Crippen LogP contribution < -0.4 is 4.74 Å². The molecule has 0 spiro atoms. The van der Waals surface area contributed by atoms with Gasteiger partial charge in [0, 0.05) is 6.42 Å². The Bertz CT molecular complexity index is 407. The zero-order valence-corrected chi connectivity index (χ0v) is 8.64. The molecule has 5 heteroatoms. The van der Waals surface area contributed by atoms with Crippen molar-refractivity contribution in [3.8, 4) is 5.75 Å². The molecular formula is C11H10F3NO. The second-order valence-corrected chi connectivity index (χ2v) is 3.16. The number of halogens is 3. The maximum Gasteiger partial charge on any atom is 0.419 e. The van der Waals surface area contributed by atoms with Crippen LogP contribution in [-0.2, 0) is 12.6 Å². The van der Waals surface area contributed by atoms with Crippen LogP contribution in [0.3, 0.4) is 0 Å². The summed E-state index contributed by atoms with van der Waals surface area (Å²) < 4.78 is 42.2. The van der Waals surface area contributed by atoms with Gasteiger partial charge in [-0.3, -0.25) is 0 Å². The average molecular weight is 229 g/mol. The van der Waals surface area contributed by atoms with Crippen molar-refractivity contribution in [1.29, 1.82) is 0 Å². The number of ether oxygens (including phenoxy) is 1. The fourth-order valence-electron chi connectivity index (χ4n) is 1.31. The van der Waals surface area contributed by atoms with E-state index in [4.69, 9.17) is 11.3 Å². The van der Waals surface area contributed by atoms with Gasteiger partial charge in [0.25, 0.3) is 0 Å². The molecule has 0 aromatic heterocycles. The van der Waals surface area contributed by atoms with Gasteiger partial charge in [-0.15, -0.1) is 0 Å². The summed E-state index contributed by atoms with van der Waals surface area (Å²) in [5.41, 5.74) is -0.123. The molecule has 0 N–H and O–H groups in total. The fraction of sp³-hybridized carbons (Fsp3) is 0.364. The first kappa shape index (κ1) is 12.4. The van der Waals surface area contributed by atoms with Gasteiger partial charge >= 0.3 is 6.18 Å². The van der Waals surface area contributed by atoms with Crippen LogP contribution in [-0.4, -0.2) is 13.7 Å². The van der Waals surface area contributed by atoms with Crippen molar-refractivity contribution in [3.05, 3.63) is 40.7 Å². The van der Waals surface area contributed by atoms with Crippen molar-refractivity contribution in [3.63, 3.8) is 0 Å². The highest BCUT2D eigenvalue weighted by Crippen LogP contribution is 2.36. The maximum atomic E-state index is 12.5. The molecule has 0 unspecified atom stereocenters. The second kappa shape index (κ2) is 4.88. The minimum absolute atomic E-state index is 0.199. The molecule has 16 heavy (non-hydrogen) atoms. The number of hydrogen-bond acceptors (Lipinski definition) is 1. The van der Waals surface area contributed by atoms with Crippen LogP contribution in [0.5, 0.6) is 5.75 Å². The van der Waals surface area contributed by atoms with Crippen LogP contribution in [0.15, 0.2) is 18.2 Å². The van der Waals surface area contributed by atoms with Crippen molar-refractivity contribution >= 4 is 0 Å². The van der Waals surface area contributed by atoms with Gasteiger partial charge in [-0.2, -0.15) is 13.2 Å². The van der Waals surface area contributed by atoms with E-state index in [1.165, 1.54) is 19.2 Å². The second-order valence-electron chi connectivity index (χ2n) is 3.16. The lowest BCUT2D eigenvalue weighted by molar-refractivity contribution is -0.138. The molecule has 1 aromatic carbocycles. The molecule has 0 aliphatic rings. The van der Waals surface area contributed by atoms with Gasteiger partial charge < -0.3 is 9.58 Å². The molecule has 0 amide bonds. The van der Waals surface area contributed by atoms with Crippen molar-refractivity contribution in [2.24, 2.45) is 0 Å². The maximum absolute atomic E-state index is 12.5. The van der Waals surface area contributed by atoms with E-state index in [-0.39, 0.29) is 12.3 Å². The number of methoxy groups -OCH3 is 1. The molecule has 2 nitrogen and oxygen atoms in total. The highest BCUT2D eigenvalue weighted by molar-refractivity contribution is 5.39. The lowest BCUT2D eigenvalue weighted by Gasteiger charge is -2.12. The van der Waals surface area contributed by atoms with Gasteiger partial charge in [-0.05, 0) is 17.7 Å². The predicted molar refractivity (Wildman–Crippen MR) is 53.2 cm³/mol. The molecule has 0 heterocycles. The topological polar surface area (TPSA) is 13.6 Å². The van der Waals surface area contributed by atoms with Gasteiger partial charge in [0.2, 0.25) is 6.54 Å². The molecule has 86 valence electrons. The number of alkyl halides is 3. The van der Waals surface area contributed by atoms with E-state index in [9.17, 15) is 13.2 Å². The zero-order chi connectivity index (χ0) is 12.2. The van der Waals surface area contributed by atoms with E-state index in [1.54, 1.807) is 0 Å². The van der Waals surface area contributed by atoms with Crippen molar-refractivity contribution in [2.45, 2.75) is 12.6 Å². The molecule has 0 saturated carbocycles. The Morgan fingerprint density at radius 1 is 1.38 bits per heavy atom. The van der Waals surface area contributed by atoms with E-state index in [1.807, 2.05) is 0 Å². The summed E-state index contributed by atoms with van der Waals surface area (Å²) >= 11 is 0. The first-order chi connectivity index (χ1) is 7.49. The van der Waals surface area contributed by atoms with Crippen LogP contribution in [0, 0.1) is 6.57 Å². The minimum Gasteiger partial charge on any atom is -0.496 e. The van der Waals surface area contributed by atoms with Crippen LogP contribution >= 0.6 is 0 Å². The third-order valence-corrected chi connectivity index (χ3v) is 2.08. The largest absolute Gasteiger partial charge is 0.496 e. The number of rotatable bonds is 3. The summed E-state index contributed by atoms with van der Waals surface area (Å²) in [5.74, 6) is -0.199. The van der Waals surface area contributed by atoms with Gasteiger partial charge in [0.1, 0.15) is 5.75 Å². The Hall–Kier alpha value is -1.70. The number of hydrogen-bond donors (Lipinski definition) is 0. The van der Waals surface area contributed by atoms with Crippen molar-refractivity contribution in [1.82, 2.24) is 0 Å². The van der Waals surface area contributed by atoms with Gasteiger partial charge in [0.15, 0.2) is 0 Å². The molecule has 0 aliphatic heterocycles. The molecule has 0 aliphatic carbocycles. The SMILES string of the molecule is [C-]#[N+]CCc1ccc(C(F)(F)F)c(OC)c1. The molecule has 0 saturated heterocycles. The molecule has 1 rings (SSSR count). The van der Waals surface area contributed by atoms with E-state index >= 15 is 0 Å². The average Bonchev–Trinajstić information content (AvgIpc) is 2.24. The quantitative estimate of drug-likeness (QED) is 0.726. The number of benzene rings is 1. The Balaban J connectivity index is 3.03. The Kier molecular flexibility index (Phi) is 3.78. The summed E-state index contributed by atoms with van der Waals surface area (Å²) in [7, 11) is 1.20. The third-order valence-electron chi connectivity index (χ3n) is 2.08. The summed E-state index contributed by atoms with van der Waals surface area (Å²) in [4.78, 5) is 3.14. The third kappa shape index (κ3) is 2.89. The van der Waals surface area contributed by atoms with Crippen LogP contribution in [0.1, 0.15) is 11.1 Å². The highest BCUT2D eigenvalue weighted by atomic mass is 19.4. The van der Waals surface area contributed by atoms with E-state index in [0.717, 1.165) is 6.07 Å². The molecule has 0 bridgehead atoms. The minimum atomic E-state index is -4.41. The van der Waals surface area contributed by atoms with E-state index in [2.05, 4.69) is 4.85 Å². The molecule has 0 radical (unpaired) electrons. The molecule has 1 aromatic rings. The van der Waals surface area contributed by atoms with Crippen molar-refractivity contribution < 1.29 is 17.9 Å². The molecule has 0 atom stereocenters. The van der Waals surface area contributed by atoms with E-state index in [0.29, 0.717) is 12.0 Å². The van der Waals surface area contributed by atoms with E-state index < -0.39 is 11.7 Å². The summed E-state index contributed by atoms with van der Waals surface area (Å²) in [5, 5.41) is 0. The molecule has 0 fully saturated rings. The van der Waals surface area contributed by atoms with Crippen LogP contribution in [0.2, 0.25) is 0 Å². The standard InChI is InChI=1S/C11H10F3NO/c1-15-6-5-8-3-4-9(11(12,13)14)10(7-8)16-2/h3-4,7H,5-6H2,2H3. The van der Waals surface area contributed by atoms with Gasteiger partial charge in [0.05, 0.1) is 12.7 Å². The van der Waals surface area contributed by atoms with Crippen LogP contribution in [0.4, 0.5) is 13.2 Å². The van der Waals surface area contributed by atoms with Gasteiger partial charge in [-0.1, -0.05) is 6.07 Å². The summed E-state index contributed by atoms with van der Waals surface area (Å²) in [6, 6.07) is 3.68. The normalized spacial score (nSPS) is 10.9. The van der Waals surface area contributed by atoms with Gasteiger partial charge in [-0.25, -0.2) is 6.57 Å². The molecular weight excluding hydrogens is 219 g/mol. The van der Waals surface area contributed by atoms with Crippen LogP contribution in [0.25, 0.3) is 4.85 Å². The number of nitrogens with zero attached hydrogens (tertiary/aromatic N) is 1. The predicted octanol–water partition coefficient (Wildman–Crippen LogP) is 3.18. The zero-order valence-electron chi connectivity index (χ0n) is 8.64. The summed E-state index contributed by atoms with van der Waals surface area (Å²) in [6.07, 6.45) is -3.98. The fourth-order valence-corrected chi connectivity index (χ4v) is 1.31. The lowest BCUT2D eigenvalue weighted by atomic mass is 10.1. The first-order valence-electron chi connectivity index (χ1n) is 4.56. The lowest BCUT2D eigenvalue weighted by Crippen LogP contribution is -2.07. The highest BCUT2D eigenvalue weighted by Gasteiger charge is 2.34. The smallest absolute Gasteiger partial charge is 0.419 e. The first-order valence-corrected chi connectivity index (χ1v) is 4.56. The summed E-state index contributed by atoms with van der Waals surface area (Å²) in [6.45, 7) is 6.86. The monoisotopic (exact) mass is 229 g/mol. The Morgan fingerprint density at radius 2 is 2.06 bits per heavy atom.